The van der Waals surface area contributed by atoms with Crippen LogP contribution < -0.4 is 31.3 Å². The molecule has 0 saturated carbocycles. The molecule has 2 aliphatic rings. The summed E-state index contributed by atoms with van der Waals surface area (Å²) >= 11 is 12.2. The minimum atomic E-state index is -0.691. The maximum absolute atomic E-state index is 13.1. The number of piperidine rings is 1. The topological polar surface area (TPSA) is 220 Å². The molecule has 18 nitrogen and oxygen atoms in total. The Bertz CT molecular complexity index is 2110. The average Bonchev–Trinajstić information content (AvgIpc) is 3.70. The van der Waals surface area contributed by atoms with Gasteiger partial charge in [0.2, 0.25) is 23.6 Å². The molecule has 0 spiro atoms. The number of hydrogen-bond acceptors (Lipinski definition) is 12. The van der Waals surface area contributed by atoms with E-state index in [0.29, 0.717) is 35.7 Å². The first-order valence-electron chi connectivity index (χ1n) is 17.3. The van der Waals surface area contributed by atoms with Crippen molar-refractivity contribution in [2.24, 2.45) is 0 Å². The molecule has 2 aliphatic heterocycles. The number of imide groups is 1. The summed E-state index contributed by atoms with van der Waals surface area (Å²) < 4.78 is 18.3. The van der Waals surface area contributed by atoms with Crippen molar-refractivity contribution >= 4 is 75.6 Å². The molecule has 20 heteroatoms. The van der Waals surface area contributed by atoms with Crippen LogP contribution in [0.25, 0.3) is 5.65 Å². The van der Waals surface area contributed by atoms with Crippen LogP contribution in [0.4, 0.5) is 21.9 Å². The largest absolute Gasteiger partial charge is 0.474 e. The summed E-state index contributed by atoms with van der Waals surface area (Å²) in [5.41, 5.74) is 3.55. The summed E-state index contributed by atoms with van der Waals surface area (Å²) in [6.07, 6.45) is 2.95. The van der Waals surface area contributed by atoms with Gasteiger partial charge in [0.1, 0.15) is 18.3 Å². The van der Waals surface area contributed by atoms with E-state index in [1.165, 1.54) is 35.0 Å². The lowest BCUT2D eigenvalue weighted by Gasteiger charge is -2.29. The number of nitrogens with zero attached hydrogens (tertiary/aromatic N) is 5. The smallest absolute Gasteiger partial charge is 0.323 e. The number of nitrogens with one attached hydrogen (secondary N) is 5. The van der Waals surface area contributed by atoms with Crippen LogP contribution in [-0.2, 0) is 30.4 Å². The zero-order valence-electron chi connectivity index (χ0n) is 29.8. The standard InChI is InChI=1S/C35H38Cl2N10O8/c1-19(53-2)31-25(17-40-28-15-27(37)45-47(28)31)43-35(52)42-24-14-20(36)16-41-33(24)55-13-10-39-29(48)8-11-54-12-9-38-23-5-3-4-21-22(23)18-46(34(21)51)26-6-7-30(49)44-32(26)50/h3-5,14-17,19,26,38H,6-13,18H2,1-2H3,(H,39,48)(H2,42,43,52)(H,44,49,50)/t19-,26?/m0/s1. The first-order valence-corrected chi connectivity index (χ1v) is 18.1. The third kappa shape index (κ3) is 9.40. The number of carbonyl (C=O) groups is 5. The lowest BCUT2D eigenvalue weighted by molar-refractivity contribution is -0.137. The minimum Gasteiger partial charge on any atom is -0.474 e. The van der Waals surface area contributed by atoms with E-state index in [4.69, 9.17) is 37.4 Å². The monoisotopic (exact) mass is 796 g/mol. The summed E-state index contributed by atoms with van der Waals surface area (Å²) in [5, 5.41) is 18.5. The van der Waals surface area contributed by atoms with Crippen molar-refractivity contribution in [1.82, 2.24) is 35.1 Å². The Morgan fingerprint density at radius 1 is 1.02 bits per heavy atom. The zero-order chi connectivity index (χ0) is 39.1. The molecule has 0 bridgehead atoms. The summed E-state index contributed by atoms with van der Waals surface area (Å²) in [5.74, 6) is -1.21. The predicted octanol–water partition coefficient (Wildman–Crippen LogP) is 3.56. The van der Waals surface area contributed by atoms with Gasteiger partial charge in [-0.05, 0) is 31.5 Å². The molecule has 1 fully saturated rings. The van der Waals surface area contributed by atoms with Crippen molar-refractivity contribution in [2.45, 2.75) is 44.9 Å². The Labute approximate surface area is 324 Å². The SMILES string of the molecule is CO[C@@H](C)c1c(NC(=O)Nc2cc(Cl)cnc2OCCNC(=O)CCOCCNc2cccc3c2CN(C2CCC(=O)NC2=O)C3=O)cnc2cc(Cl)nn12. The number of benzene rings is 1. The van der Waals surface area contributed by atoms with Gasteiger partial charge < -0.3 is 40.4 Å². The molecule has 1 aromatic carbocycles. The number of hydrogen-bond donors (Lipinski definition) is 5. The fourth-order valence-corrected chi connectivity index (χ4v) is 6.46. The van der Waals surface area contributed by atoms with Crippen LogP contribution in [0.5, 0.6) is 5.88 Å². The van der Waals surface area contributed by atoms with Crippen LogP contribution in [0.3, 0.4) is 0 Å². The molecule has 290 valence electrons. The van der Waals surface area contributed by atoms with Crippen LogP contribution in [0, 0.1) is 0 Å². The van der Waals surface area contributed by atoms with Crippen molar-refractivity contribution in [3.63, 3.8) is 0 Å². The van der Waals surface area contributed by atoms with E-state index in [9.17, 15) is 24.0 Å². The third-order valence-electron chi connectivity index (χ3n) is 8.82. The van der Waals surface area contributed by atoms with Crippen LogP contribution in [0.15, 0.2) is 42.7 Å². The van der Waals surface area contributed by atoms with E-state index in [1.807, 2.05) is 6.07 Å². The van der Waals surface area contributed by atoms with Gasteiger partial charge in [-0.25, -0.2) is 19.3 Å². The van der Waals surface area contributed by atoms with Gasteiger partial charge in [-0.15, -0.1) is 0 Å². The number of fused-ring (bicyclic) bond motifs is 2. The lowest BCUT2D eigenvalue weighted by atomic mass is 10.0. The van der Waals surface area contributed by atoms with E-state index in [0.717, 1.165) is 11.3 Å². The lowest BCUT2D eigenvalue weighted by Crippen LogP contribution is -2.52. The predicted molar refractivity (Wildman–Crippen MR) is 200 cm³/mol. The van der Waals surface area contributed by atoms with Crippen LogP contribution >= 0.6 is 23.2 Å². The highest BCUT2D eigenvalue weighted by Gasteiger charge is 2.39. The second-order valence-electron chi connectivity index (χ2n) is 12.5. The van der Waals surface area contributed by atoms with Gasteiger partial charge in [-0.3, -0.25) is 24.5 Å². The molecule has 5 heterocycles. The summed E-state index contributed by atoms with van der Waals surface area (Å²) in [4.78, 5) is 72.4. The molecule has 5 N–H and O–H groups in total. The molecule has 4 aromatic rings. The average molecular weight is 798 g/mol. The minimum absolute atomic E-state index is 0.0441. The molecule has 0 aliphatic carbocycles. The van der Waals surface area contributed by atoms with Gasteiger partial charge in [0.15, 0.2) is 10.8 Å². The molecule has 6 amide bonds. The fraction of sp³-hybridized carbons (Fsp3) is 0.371. The van der Waals surface area contributed by atoms with Gasteiger partial charge in [-0.1, -0.05) is 29.3 Å². The van der Waals surface area contributed by atoms with Crippen molar-refractivity contribution in [3.05, 3.63) is 69.7 Å². The van der Waals surface area contributed by atoms with Crippen molar-refractivity contribution < 1.29 is 38.2 Å². The van der Waals surface area contributed by atoms with Crippen LogP contribution in [-0.4, -0.2) is 100 Å². The number of anilines is 3. The normalized spacial score (nSPS) is 15.7. The van der Waals surface area contributed by atoms with Crippen molar-refractivity contribution in [3.8, 4) is 5.88 Å². The number of amides is 6. The first-order chi connectivity index (χ1) is 26.5. The van der Waals surface area contributed by atoms with Crippen molar-refractivity contribution in [2.75, 3.05) is 56.0 Å². The number of halogens is 2. The Morgan fingerprint density at radius 3 is 2.64 bits per heavy atom. The maximum atomic E-state index is 13.1. The van der Waals surface area contributed by atoms with Crippen molar-refractivity contribution in [1.29, 1.82) is 0 Å². The second kappa shape index (κ2) is 17.7. The highest BCUT2D eigenvalue weighted by Crippen LogP contribution is 2.32. The molecule has 55 heavy (non-hydrogen) atoms. The highest BCUT2D eigenvalue weighted by atomic mass is 35.5. The van der Waals surface area contributed by atoms with Crippen LogP contribution in [0.1, 0.15) is 53.9 Å². The maximum Gasteiger partial charge on any atom is 0.323 e. The van der Waals surface area contributed by atoms with Crippen LogP contribution in [0.2, 0.25) is 10.2 Å². The number of methoxy groups -OCH3 is 1. The van der Waals surface area contributed by atoms with Gasteiger partial charge >= 0.3 is 6.03 Å². The molecule has 3 aromatic heterocycles. The quantitative estimate of drug-likeness (QED) is 0.0812. The molecular formula is C35H38Cl2N10O8. The second-order valence-corrected chi connectivity index (χ2v) is 13.3. The van der Waals surface area contributed by atoms with E-state index >= 15 is 0 Å². The number of pyridine rings is 1. The Morgan fingerprint density at radius 2 is 1.84 bits per heavy atom. The summed E-state index contributed by atoms with van der Waals surface area (Å²) in [7, 11) is 1.52. The molecule has 6 rings (SSSR count). The number of rotatable bonds is 16. The van der Waals surface area contributed by atoms with Gasteiger partial charge in [0.05, 0.1) is 48.5 Å². The summed E-state index contributed by atoms with van der Waals surface area (Å²) in [6.45, 7) is 3.12. The molecule has 2 atom stereocenters. The molecule has 1 saturated heterocycles. The van der Waals surface area contributed by atoms with Gasteiger partial charge in [0.25, 0.3) is 5.91 Å². The Kier molecular flexibility index (Phi) is 12.6. The Hall–Kier alpha value is -5.56. The van der Waals surface area contributed by atoms with E-state index in [-0.39, 0.29) is 85.0 Å². The number of urea groups is 1. The molecular weight excluding hydrogens is 759 g/mol. The van der Waals surface area contributed by atoms with Gasteiger partial charge in [0, 0.05) is 62.1 Å². The summed E-state index contributed by atoms with van der Waals surface area (Å²) in [6, 6.07) is 7.06. The molecule has 1 unspecified atom stereocenters. The first kappa shape index (κ1) is 39.1. The zero-order valence-corrected chi connectivity index (χ0v) is 31.3. The third-order valence-corrected chi connectivity index (χ3v) is 9.22. The fourth-order valence-electron chi connectivity index (χ4n) is 6.13. The highest BCUT2D eigenvalue weighted by molar-refractivity contribution is 6.31. The number of carbonyl (C=O) groups excluding carboxylic acids is 5. The number of aromatic nitrogens is 4. The van der Waals surface area contributed by atoms with Gasteiger partial charge in [-0.2, -0.15) is 5.10 Å². The molecule has 0 radical (unpaired) electrons. The van der Waals surface area contributed by atoms with E-state index in [1.54, 1.807) is 25.1 Å². The van der Waals surface area contributed by atoms with E-state index < -0.39 is 24.1 Å². The van der Waals surface area contributed by atoms with E-state index in [2.05, 4.69) is 41.7 Å². The Balaban J connectivity index is 0.907. The number of ether oxygens (including phenoxy) is 3.